The molecular weight excluding hydrogens is 290 g/mol. The summed E-state index contributed by atoms with van der Waals surface area (Å²) in [4.78, 5) is 0. The first-order valence-electron chi connectivity index (χ1n) is 7.56. The molecule has 0 radical (unpaired) electrons. The molecule has 2 rings (SSSR count). The van der Waals surface area contributed by atoms with Gasteiger partial charge in [-0.1, -0.05) is 42.5 Å². The zero-order chi connectivity index (χ0) is 16.5. The van der Waals surface area contributed by atoms with Gasteiger partial charge in [-0.25, -0.2) is 0 Å². The highest BCUT2D eigenvalue weighted by molar-refractivity contribution is 5.57. The van der Waals surface area contributed by atoms with Gasteiger partial charge in [0.15, 0.2) is 0 Å². The lowest BCUT2D eigenvalue weighted by Crippen LogP contribution is -2.24. The van der Waals surface area contributed by atoms with E-state index in [0.717, 1.165) is 22.6 Å². The normalized spacial score (nSPS) is 12.3. The fraction of sp³-hybridized carbons (Fsp3) is 0.263. The number of para-hydroxylation sites is 1. The van der Waals surface area contributed by atoms with E-state index >= 15 is 0 Å². The van der Waals surface area contributed by atoms with Crippen molar-refractivity contribution in [3.63, 3.8) is 0 Å². The number of benzene rings is 2. The molecule has 0 aliphatic heterocycles. The van der Waals surface area contributed by atoms with E-state index in [9.17, 15) is 5.11 Å². The fourth-order valence-electron chi connectivity index (χ4n) is 2.35. The minimum absolute atomic E-state index is 0.0235. The van der Waals surface area contributed by atoms with Crippen LogP contribution in [0.15, 0.2) is 54.6 Å². The summed E-state index contributed by atoms with van der Waals surface area (Å²) in [5.74, 6) is 1.63. The smallest absolute Gasteiger partial charge is 0.126 e. The fourth-order valence-corrected chi connectivity index (χ4v) is 2.35. The van der Waals surface area contributed by atoms with Crippen LogP contribution in [0.4, 0.5) is 0 Å². The maximum absolute atomic E-state index is 9.59. The summed E-state index contributed by atoms with van der Waals surface area (Å²) < 4.78 is 10.5. The lowest BCUT2D eigenvalue weighted by Gasteiger charge is -2.16. The molecule has 0 fully saturated rings. The van der Waals surface area contributed by atoms with Gasteiger partial charge < -0.3 is 19.9 Å². The summed E-state index contributed by atoms with van der Waals surface area (Å²) in [6, 6.07) is 15.4. The van der Waals surface area contributed by atoms with Gasteiger partial charge in [0.1, 0.15) is 11.5 Å². The van der Waals surface area contributed by atoms with E-state index < -0.39 is 0 Å². The molecule has 0 saturated heterocycles. The number of hydrogen-bond acceptors (Lipinski definition) is 4. The number of aliphatic hydroxyl groups is 1. The van der Waals surface area contributed by atoms with E-state index in [4.69, 9.17) is 9.47 Å². The minimum Gasteiger partial charge on any atom is -0.497 e. The molecule has 0 aliphatic rings. The number of hydrogen-bond donors (Lipinski definition) is 2. The SMILES string of the molecule is COc1cccc(C(CO)NCC=Cc2ccccc2OC)c1. The number of nitrogens with one attached hydrogen (secondary N) is 1. The van der Waals surface area contributed by atoms with Gasteiger partial charge in [0, 0.05) is 12.1 Å². The van der Waals surface area contributed by atoms with Crippen molar-refractivity contribution in [3.8, 4) is 11.5 Å². The summed E-state index contributed by atoms with van der Waals surface area (Å²) in [6.45, 7) is 0.663. The number of ether oxygens (including phenoxy) is 2. The second-order valence-electron chi connectivity index (χ2n) is 5.06. The Labute approximate surface area is 137 Å². The topological polar surface area (TPSA) is 50.7 Å². The lowest BCUT2D eigenvalue weighted by molar-refractivity contribution is 0.247. The molecule has 0 bridgehead atoms. The predicted octanol–water partition coefficient (Wildman–Crippen LogP) is 3.04. The van der Waals surface area contributed by atoms with Gasteiger partial charge in [0.25, 0.3) is 0 Å². The van der Waals surface area contributed by atoms with Crippen molar-refractivity contribution in [2.75, 3.05) is 27.4 Å². The average Bonchev–Trinajstić information content (AvgIpc) is 2.62. The summed E-state index contributed by atoms with van der Waals surface area (Å²) >= 11 is 0. The van der Waals surface area contributed by atoms with Crippen LogP contribution in [0.25, 0.3) is 6.08 Å². The Morgan fingerprint density at radius 1 is 1.09 bits per heavy atom. The molecule has 23 heavy (non-hydrogen) atoms. The molecule has 122 valence electrons. The molecule has 2 aromatic rings. The van der Waals surface area contributed by atoms with Crippen LogP contribution in [0.5, 0.6) is 11.5 Å². The lowest BCUT2D eigenvalue weighted by atomic mass is 10.1. The first-order chi connectivity index (χ1) is 11.3. The van der Waals surface area contributed by atoms with Crippen molar-refractivity contribution in [2.45, 2.75) is 6.04 Å². The third kappa shape index (κ3) is 4.84. The standard InChI is InChI=1S/C19H23NO3/c1-22-17-10-5-8-16(13-17)18(14-21)20-12-6-9-15-7-3-4-11-19(15)23-2/h3-11,13,18,20-21H,12,14H2,1-2H3. The van der Waals surface area contributed by atoms with Crippen molar-refractivity contribution < 1.29 is 14.6 Å². The monoisotopic (exact) mass is 313 g/mol. The zero-order valence-electron chi connectivity index (χ0n) is 13.5. The molecular formula is C19H23NO3. The van der Waals surface area contributed by atoms with Crippen LogP contribution in [0.2, 0.25) is 0 Å². The van der Waals surface area contributed by atoms with Crippen LogP contribution in [0.3, 0.4) is 0 Å². The Balaban J connectivity index is 1.96. The van der Waals surface area contributed by atoms with Crippen molar-refractivity contribution >= 4 is 6.08 Å². The van der Waals surface area contributed by atoms with E-state index in [1.54, 1.807) is 14.2 Å². The van der Waals surface area contributed by atoms with Gasteiger partial charge in [-0.15, -0.1) is 0 Å². The number of rotatable bonds is 8. The highest BCUT2D eigenvalue weighted by Crippen LogP contribution is 2.20. The Hall–Kier alpha value is -2.30. The maximum Gasteiger partial charge on any atom is 0.126 e. The molecule has 2 aromatic carbocycles. The number of methoxy groups -OCH3 is 2. The van der Waals surface area contributed by atoms with Gasteiger partial charge in [0.2, 0.25) is 0 Å². The molecule has 4 heteroatoms. The molecule has 0 aliphatic carbocycles. The van der Waals surface area contributed by atoms with Gasteiger partial charge >= 0.3 is 0 Å². The van der Waals surface area contributed by atoms with Crippen molar-refractivity contribution in [3.05, 3.63) is 65.7 Å². The van der Waals surface area contributed by atoms with Gasteiger partial charge in [-0.2, -0.15) is 0 Å². The third-order valence-corrected chi connectivity index (χ3v) is 3.60. The van der Waals surface area contributed by atoms with Crippen LogP contribution in [0.1, 0.15) is 17.2 Å². The molecule has 0 saturated carbocycles. The van der Waals surface area contributed by atoms with E-state index in [2.05, 4.69) is 5.32 Å². The second kappa shape index (κ2) is 8.98. The summed E-state index contributed by atoms with van der Waals surface area (Å²) in [7, 11) is 3.30. The molecule has 2 N–H and O–H groups in total. The average molecular weight is 313 g/mol. The van der Waals surface area contributed by atoms with E-state index in [-0.39, 0.29) is 12.6 Å². The van der Waals surface area contributed by atoms with Gasteiger partial charge in [-0.05, 0) is 23.8 Å². The third-order valence-electron chi connectivity index (χ3n) is 3.60. The summed E-state index contributed by atoms with van der Waals surface area (Å²) in [5.41, 5.74) is 2.02. The summed E-state index contributed by atoms with van der Waals surface area (Å²) in [6.07, 6.45) is 4.02. The van der Waals surface area contributed by atoms with Crippen LogP contribution >= 0.6 is 0 Å². The highest BCUT2D eigenvalue weighted by Gasteiger charge is 2.09. The predicted molar refractivity (Wildman–Crippen MR) is 92.9 cm³/mol. The Kier molecular flexibility index (Phi) is 6.66. The van der Waals surface area contributed by atoms with E-state index in [1.165, 1.54) is 0 Å². The van der Waals surface area contributed by atoms with Crippen LogP contribution in [0, 0.1) is 0 Å². The Bertz CT molecular complexity index is 640. The first kappa shape index (κ1) is 17.1. The minimum atomic E-state index is -0.132. The first-order valence-corrected chi connectivity index (χ1v) is 7.56. The largest absolute Gasteiger partial charge is 0.497 e. The van der Waals surface area contributed by atoms with E-state index in [0.29, 0.717) is 6.54 Å². The Morgan fingerprint density at radius 2 is 1.91 bits per heavy atom. The Morgan fingerprint density at radius 3 is 2.65 bits per heavy atom. The van der Waals surface area contributed by atoms with Crippen molar-refractivity contribution in [1.82, 2.24) is 5.32 Å². The highest BCUT2D eigenvalue weighted by atomic mass is 16.5. The van der Waals surface area contributed by atoms with Crippen LogP contribution in [-0.2, 0) is 0 Å². The molecule has 1 atom stereocenters. The van der Waals surface area contributed by atoms with Crippen LogP contribution < -0.4 is 14.8 Å². The molecule has 0 amide bonds. The zero-order valence-corrected chi connectivity index (χ0v) is 13.5. The number of aliphatic hydroxyl groups excluding tert-OH is 1. The van der Waals surface area contributed by atoms with Crippen molar-refractivity contribution in [1.29, 1.82) is 0 Å². The molecule has 0 spiro atoms. The molecule has 0 aromatic heterocycles. The van der Waals surface area contributed by atoms with E-state index in [1.807, 2.05) is 60.7 Å². The second-order valence-corrected chi connectivity index (χ2v) is 5.06. The van der Waals surface area contributed by atoms with Crippen LogP contribution in [-0.4, -0.2) is 32.5 Å². The maximum atomic E-state index is 9.59. The quantitative estimate of drug-likeness (QED) is 0.786. The summed E-state index contributed by atoms with van der Waals surface area (Å²) in [5, 5.41) is 12.9. The van der Waals surface area contributed by atoms with Crippen molar-refractivity contribution in [2.24, 2.45) is 0 Å². The molecule has 1 unspecified atom stereocenters. The molecule has 0 heterocycles. The molecule has 4 nitrogen and oxygen atoms in total. The van der Waals surface area contributed by atoms with Gasteiger partial charge in [-0.3, -0.25) is 0 Å². The van der Waals surface area contributed by atoms with Gasteiger partial charge in [0.05, 0.1) is 26.9 Å².